The van der Waals surface area contributed by atoms with E-state index in [2.05, 4.69) is 17.4 Å². The zero-order valence-electron chi connectivity index (χ0n) is 19.7. The summed E-state index contributed by atoms with van der Waals surface area (Å²) in [6.45, 7) is 2.09. The van der Waals surface area contributed by atoms with Crippen LogP contribution in [-0.2, 0) is 16.0 Å². The fraction of sp³-hybridized carbons (Fsp3) is 0.250. The van der Waals surface area contributed by atoms with Crippen LogP contribution in [0.25, 0.3) is 11.1 Å². The van der Waals surface area contributed by atoms with Crippen LogP contribution in [0.4, 0.5) is 4.79 Å². The lowest BCUT2D eigenvalue weighted by Crippen LogP contribution is -2.46. The number of fused-ring (bicyclic) bond motifs is 3. The Kier molecular flexibility index (Phi) is 7.15. The highest BCUT2D eigenvalue weighted by Gasteiger charge is 2.29. The highest BCUT2D eigenvalue weighted by molar-refractivity contribution is 5.89. The molecular formula is C28H28N2O5. The molecule has 0 radical (unpaired) electrons. The lowest BCUT2D eigenvalue weighted by atomic mass is 9.98. The molecule has 2 amide bonds. The number of ether oxygens (including phenoxy) is 1. The van der Waals surface area contributed by atoms with Crippen molar-refractivity contribution in [1.29, 1.82) is 0 Å². The third kappa shape index (κ3) is 5.19. The largest absolute Gasteiger partial charge is 0.478 e. The lowest BCUT2D eigenvalue weighted by molar-refractivity contribution is -0.131. The van der Waals surface area contributed by atoms with Gasteiger partial charge in [-0.3, -0.25) is 4.79 Å². The van der Waals surface area contributed by atoms with Crippen molar-refractivity contribution < 1.29 is 24.2 Å². The van der Waals surface area contributed by atoms with E-state index in [0.717, 1.165) is 22.3 Å². The second-order valence-corrected chi connectivity index (χ2v) is 8.66. The molecule has 0 fully saturated rings. The number of benzene rings is 3. The van der Waals surface area contributed by atoms with Crippen molar-refractivity contribution >= 4 is 18.0 Å². The first-order chi connectivity index (χ1) is 16.9. The first kappa shape index (κ1) is 24.0. The van der Waals surface area contributed by atoms with E-state index in [9.17, 15) is 19.5 Å². The first-order valence-electron chi connectivity index (χ1n) is 11.5. The third-order valence-corrected chi connectivity index (χ3v) is 6.39. The van der Waals surface area contributed by atoms with Gasteiger partial charge in [-0.05, 0) is 47.2 Å². The molecule has 180 valence electrons. The van der Waals surface area contributed by atoms with Crippen molar-refractivity contribution in [3.8, 4) is 11.1 Å². The Morgan fingerprint density at radius 2 is 1.51 bits per heavy atom. The topological polar surface area (TPSA) is 95.9 Å². The van der Waals surface area contributed by atoms with Crippen molar-refractivity contribution in [1.82, 2.24) is 10.2 Å². The zero-order valence-corrected chi connectivity index (χ0v) is 19.7. The second-order valence-electron chi connectivity index (χ2n) is 8.66. The molecule has 0 bridgehead atoms. The van der Waals surface area contributed by atoms with E-state index in [0.29, 0.717) is 18.5 Å². The maximum absolute atomic E-state index is 12.7. The Bertz CT molecular complexity index is 1210. The molecule has 2 N–H and O–H groups in total. The van der Waals surface area contributed by atoms with Gasteiger partial charge in [-0.15, -0.1) is 0 Å². The standard InChI is InChI=1S/C28H28N2O5/c1-18(26(31)30(2)16-15-19-9-3-4-10-20(19)27(32)33)29-28(34)35-17-25-23-13-7-5-11-21(23)22-12-6-8-14-24(22)25/h3-14,18,25H,15-17H2,1-2H3,(H,29,34)(H,32,33)/t18-/m0/s1. The minimum atomic E-state index is -1.00. The van der Waals surface area contributed by atoms with Crippen molar-refractivity contribution in [2.45, 2.75) is 25.3 Å². The molecule has 7 heteroatoms. The summed E-state index contributed by atoms with van der Waals surface area (Å²) < 4.78 is 5.53. The predicted molar refractivity (Wildman–Crippen MR) is 132 cm³/mol. The summed E-state index contributed by atoms with van der Waals surface area (Å²) >= 11 is 0. The van der Waals surface area contributed by atoms with Gasteiger partial charge in [0.05, 0.1) is 5.56 Å². The van der Waals surface area contributed by atoms with Gasteiger partial charge >= 0.3 is 12.1 Å². The normalized spacial score (nSPS) is 12.9. The number of carbonyl (C=O) groups excluding carboxylic acids is 2. The van der Waals surface area contributed by atoms with Crippen LogP contribution >= 0.6 is 0 Å². The summed E-state index contributed by atoms with van der Waals surface area (Å²) in [6, 6.07) is 22.1. The van der Waals surface area contributed by atoms with Gasteiger partial charge in [0.25, 0.3) is 0 Å². The number of carboxylic acid groups (broad SMARTS) is 1. The van der Waals surface area contributed by atoms with Gasteiger partial charge in [0.15, 0.2) is 0 Å². The third-order valence-electron chi connectivity index (χ3n) is 6.39. The Balaban J connectivity index is 1.31. The quantitative estimate of drug-likeness (QED) is 0.509. The number of amides is 2. The van der Waals surface area contributed by atoms with E-state index >= 15 is 0 Å². The first-order valence-corrected chi connectivity index (χ1v) is 11.5. The number of nitrogens with one attached hydrogen (secondary N) is 1. The summed E-state index contributed by atoms with van der Waals surface area (Å²) in [4.78, 5) is 38.1. The van der Waals surface area contributed by atoms with E-state index in [1.54, 1.807) is 38.2 Å². The minimum absolute atomic E-state index is 0.0591. The predicted octanol–water partition coefficient (Wildman–Crippen LogP) is 4.31. The van der Waals surface area contributed by atoms with Crippen LogP contribution in [0, 0.1) is 0 Å². The number of carboxylic acids is 1. The molecule has 0 aromatic heterocycles. The van der Waals surface area contributed by atoms with Crippen LogP contribution < -0.4 is 5.32 Å². The fourth-order valence-electron chi connectivity index (χ4n) is 4.55. The van der Waals surface area contributed by atoms with Crippen LogP contribution in [0.1, 0.15) is 39.9 Å². The van der Waals surface area contributed by atoms with Crippen LogP contribution in [-0.4, -0.2) is 54.2 Å². The fourth-order valence-corrected chi connectivity index (χ4v) is 4.55. The van der Waals surface area contributed by atoms with Gasteiger partial charge in [0.1, 0.15) is 12.6 Å². The summed E-state index contributed by atoms with van der Waals surface area (Å²) in [5, 5.41) is 11.9. The molecule has 4 rings (SSSR count). The molecule has 0 spiro atoms. The molecule has 0 saturated heterocycles. The number of alkyl carbamates (subject to hydrolysis) is 1. The number of carbonyl (C=O) groups is 3. The Morgan fingerprint density at radius 1 is 0.943 bits per heavy atom. The minimum Gasteiger partial charge on any atom is -0.478 e. The van der Waals surface area contributed by atoms with Gasteiger partial charge in [0.2, 0.25) is 5.91 Å². The van der Waals surface area contributed by atoms with Crippen LogP contribution in [0.15, 0.2) is 72.8 Å². The van der Waals surface area contributed by atoms with Gasteiger partial charge in [-0.2, -0.15) is 0 Å². The summed E-state index contributed by atoms with van der Waals surface area (Å²) in [5.41, 5.74) is 5.40. The van der Waals surface area contributed by atoms with E-state index in [-0.39, 0.29) is 24.0 Å². The number of rotatable bonds is 8. The summed E-state index contributed by atoms with van der Waals surface area (Å²) in [6.07, 6.45) is -0.264. The molecule has 7 nitrogen and oxygen atoms in total. The van der Waals surface area contributed by atoms with Crippen molar-refractivity contribution in [3.05, 3.63) is 95.1 Å². The lowest BCUT2D eigenvalue weighted by Gasteiger charge is -2.22. The smallest absolute Gasteiger partial charge is 0.407 e. The number of likely N-dealkylation sites (N-methyl/N-ethyl adjacent to an activating group) is 1. The maximum Gasteiger partial charge on any atom is 0.407 e. The Hall–Kier alpha value is -4.13. The highest BCUT2D eigenvalue weighted by Crippen LogP contribution is 2.44. The van der Waals surface area contributed by atoms with Gasteiger partial charge in [0, 0.05) is 19.5 Å². The van der Waals surface area contributed by atoms with E-state index in [1.165, 1.54) is 4.90 Å². The average molecular weight is 473 g/mol. The Labute approximate surface area is 204 Å². The van der Waals surface area contributed by atoms with E-state index in [4.69, 9.17) is 4.74 Å². The van der Waals surface area contributed by atoms with Gasteiger partial charge < -0.3 is 20.1 Å². The molecule has 35 heavy (non-hydrogen) atoms. The molecule has 0 saturated carbocycles. The monoisotopic (exact) mass is 472 g/mol. The molecule has 0 unspecified atom stereocenters. The SMILES string of the molecule is C[C@H](NC(=O)OCC1c2ccccc2-c2ccccc21)C(=O)N(C)CCc1ccccc1C(=O)O. The van der Waals surface area contributed by atoms with Crippen LogP contribution in [0.3, 0.4) is 0 Å². The molecule has 0 heterocycles. The van der Waals surface area contributed by atoms with Crippen LogP contribution in [0.2, 0.25) is 0 Å². The molecule has 1 aliphatic carbocycles. The number of hydrogen-bond donors (Lipinski definition) is 2. The molecule has 3 aromatic carbocycles. The number of aromatic carboxylic acids is 1. The number of hydrogen-bond acceptors (Lipinski definition) is 4. The molecule has 1 atom stereocenters. The zero-order chi connectivity index (χ0) is 24.9. The summed E-state index contributed by atoms with van der Waals surface area (Å²) in [5.74, 6) is -1.35. The van der Waals surface area contributed by atoms with Gasteiger partial charge in [-0.1, -0.05) is 66.7 Å². The second kappa shape index (κ2) is 10.4. The number of nitrogens with zero attached hydrogens (tertiary/aromatic N) is 1. The molecule has 0 aliphatic heterocycles. The van der Waals surface area contributed by atoms with Crippen molar-refractivity contribution in [2.24, 2.45) is 0 Å². The van der Waals surface area contributed by atoms with Crippen LogP contribution in [0.5, 0.6) is 0 Å². The molecular weight excluding hydrogens is 444 g/mol. The van der Waals surface area contributed by atoms with Gasteiger partial charge in [-0.25, -0.2) is 9.59 Å². The van der Waals surface area contributed by atoms with Crippen molar-refractivity contribution in [3.63, 3.8) is 0 Å². The van der Waals surface area contributed by atoms with E-state index < -0.39 is 18.1 Å². The van der Waals surface area contributed by atoms with Crippen molar-refractivity contribution in [2.75, 3.05) is 20.2 Å². The molecule has 3 aromatic rings. The van der Waals surface area contributed by atoms with E-state index in [1.807, 2.05) is 36.4 Å². The maximum atomic E-state index is 12.7. The highest BCUT2D eigenvalue weighted by atomic mass is 16.5. The summed E-state index contributed by atoms with van der Waals surface area (Å²) in [7, 11) is 1.63. The Morgan fingerprint density at radius 3 is 2.14 bits per heavy atom. The average Bonchev–Trinajstić information content (AvgIpc) is 3.19. The molecule has 1 aliphatic rings.